The SMILES string of the molecule is c1cc(CNCCc2c[nH]c3ccccc23)cc(-c2nccs2)c1. The maximum absolute atomic E-state index is 4.38. The minimum Gasteiger partial charge on any atom is -0.361 e. The van der Waals surface area contributed by atoms with Gasteiger partial charge in [0.15, 0.2) is 0 Å². The number of thiazole rings is 1. The van der Waals surface area contributed by atoms with Gasteiger partial charge in [-0.2, -0.15) is 0 Å². The number of para-hydroxylation sites is 1. The summed E-state index contributed by atoms with van der Waals surface area (Å²) < 4.78 is 0. The molecule has 120 valence electrons. The van der Waals surface area contributed by atoms with E-state index in [1.165, 1.54) is 27.6 Å². The van der Waals surface area contributed by atoms with Gasteiger partial charge >= 0.3 is 0 Å². The zero-order valence-electron chi connectivity index (χ0n) is 13.3. The average Bonchev–Trinajstić information content (AvgIpc) is 3.29. The molecule has 4 heteroatoms. The number of rotatable bonds is 6. The van der Waals surface area contributed by atoms with Crippen molar-refractivity contribution in [2.45, 2.75) is 13.0 Å². The highest BCUT2D eigenvalue weighted by Gasteiger charge is 2.03. The van der Waals surface area contributed by atoms with Crippen LogP contribution >= 0.6 is 11.3 Å². The first-order valence-corrected chi connectivity index (χ1v) is 9.02. The quantitative estimate of drug-likeness (QED) is 0.505. The largest absolute Gasteiger partial charge is 0.361 e. The smallest absolute Gasteiger partial charge is 0.123 e. The third-order valence-corrected chi connectivity index (χ3v) is 5.00. The first kappa shape index (κ1) is 15.1. The van der Waals surface area contributed by atoms with Crippen LogP contribution in [0, 0.1) is 0 Å². The number of benzene rings is 2. The van der Waals surface area contributed by atoms with Crippen molar-refractivity contribution in [3.05, 3.63) is 77.4 Å². The maximum Gasteiger partial charge on any atom is 0.123 e. The summed E-state index contributed by atoms with van der Waals surface area (Å²) in [4.78, 5) is 7.72. The van der Waals surface area contributed by atoms with Gasteiger partial charge in [-0.15, -0.1) is 11.3 Å². The van der Waals surface area contributed by atoms with E-state index in [2.05, 4.69) is 70.0 Å². The van der Waals surface area contributed by atoms with Crippen LogP contribution in [0.4, 0.5) is 0 Å². The van der Waals surface area contributed by atoms with Crippen molar-refractivity contribution in [2.24, 2.45) is 0 Å². The highest BCUT2D eigenvalue weighted by molar-refractivity contribution is 7.13. The van der Waals surface area contributed by atoms with E-state index in [1.54, 1.807) is 11.3 Å². The van der Waals surface area contributed by atoms with Gasteiger partial charge in [-0.05, 0) is 36.2 Å². The van der Waals surface area contributed by atoms with Crippen LogP contribution in [0.5, 0.6) is 0 Å². The molecule has 24 heavy (non-hydrogen) atoms. The van der Waals surface area contributed by atoms with E-state index in [4.69, 9.17) is 0 Å². The Bertz CT molecular complexity index is 925. The van der Waals surface area contributed by atoms with Crippen LogP contribution in [-0.2, 0) is 13.0 Å². The molecule has 4 aromatic rings. The Kier molecular flexibility index (Phi) is 4.40. The van der Waals surface area contributed by atoms with E-state index >= 15 is 0 Å². The van der Waals surface area contributed by atoms with E-state index in [9.17, 15) is 0 Å². The zero-order valence-corrected chi connectivity index (χ0v) is 14.1. The van der Waals surface area contributed by atoms with Gasteiger partial charge in [0.2, 0.25) is 0 Å². The second-order valence-electron chi connectivity index (χ2n) is 5.82. The summed E-state index contributed by atoms with van der Waals surface area (Å²) in [6.07, 6.45) is 5.00. The molecule has 0 unspecified atom stereocenters. The number of fused-ring (bicyclic) bond motifs is 1. The number of H-pyrrole nitrogens is 1. The zero-order chi connectivity index (χ0) is 16.2. The molecule has 0 aliphatic carbocycles. The van der Waals surface area contributed by atoms with Crippen molar-refractivity contribution in [1.29, 1.82) is 0 Å². The number of hydrogen-bond acceptors (Lipinski definition) is 3. The molecule has 2 heterocycles. The fourth-order valence-electron chi connectivity index (χ4n) is 2.97. The molecule has 4 rings (SSSR count). The Labute approximate surface area is 145 Å². The van der Waals surface area contributed by atoms with Crippen molar-refractivity contribution >= 4 is 22.2 Å². The normalized spacial score (nSPS) is 11.2. The number of nitrogens with one attached hydrogen (secondary N) is 2. The molecule has 0 atom stereocenters. The van der Waals surface area contributed by atoms with Gasteiger partial charge in [0.1, 0.15) is 5.01 Å². The molecule has 0 amide bonds. The fraction of sp³-hybridized carbons (Fsp3) is 0.150. The minimum absolute atomic E-state index is 0.877. The Balaban J connectivity index is 1.35. The van der Waals surface area contributed by atoms with Gasteiger partial charge in [0.05, 0.1) is 0 Å². The first-order valence-electron chi connectivity index (χ1n) is 8.15. The lowest BCUT2D eigenvalue weighted by Gasteiger charge is -2.06. The Morgan fingerprint density at radius 2 is 2.04 bits per heavy atom. The van der Waals surface area contributed by atoms with Gasteiger partial charge in [-0.1, -0.05) is 36.4 Å². The third-order valence-electron chi connectivity index (χ3n) is 4.18. The molecule has 0 aliphatic rings. The summed E-state index contributed by atoms with van der Waals surface area (Å²) in [5.74, 6) is 0. The topological polar surface area (TPSA) is 40.7 Å². The second kappa shape index (κ2) is 6.99. The van der Waals surface area contributed by atoms with E-state index < -0.39 is 0 Å². The summed E-state index contributed by atoms with van der Waals surface area (Å²) in [5.41, 5.74) is 5.07. The molecular formula is C20H19N3S. The molecular weight excluding hydrogens is 314 g/mol. The second-order valence-corrected chi connectivity index (χ2v) is 6.72. The summed E-state index contributed by atoms with van der Waals surface area (Å²) in [6, 6.07) is 17.1. The molecule has 2 N–H and O–H groups in total. The van der Waals surface area contributed by atoms with Crippen molar-refractivity contribution < 1.29 is 0 Å². The van der Waals surface area contributed by atoms with Crippen molar-refractivity contribution in [3.8, 4) is 10.6 Å². The molecule has 0 bridgehead atoms. The molecule has 0 saturated heterocycles. The molecule has 0 fully saturated rings. The predicted octanol–water partition coefficient (Wildman–Crippen LogP) is 4.62. The lowest BCUT2D eigenvalue weighted by molar-refractivity contribution is 0.688. The van der Waals surface area contributed by atoms with Gasteiger partial charge in [-0.25, -0.2) is 4.98 Å². The monoisotopic (exact) mass is 333 g/mol. The van der Waals surface area contributed by atoms with Crippen molar-refractivity contribution in [2.75, 3.05) is 6.54 Å². The third kappa shape index (κ3) is 3.25. The van der Waals surface area contributed by atoms with Crippen LogP contribution in [0.2, 0.25) is 0 Å². The summed E-state index contributed by atoms with van der Waals surface area (Å²) in [6.45, 7) is 1.84. The lowest BCUT2D eigenvalue weighted by Crippen LogP contribution is -2.16. The van der Waals surface area contributed by atoms with Crippen molar-refractivity contribution in [1.82, 2.24) is 15.3 Å². The Morgan fingerprint density at radius 1 is 1.08 bits per heavy atom. The summed E-state index contributed by atoms with van der Waals surface area (Å²) in [7, 11) is 0. The van der Waals surface area contributed by atoms with Crippen LogP contribution < -0.4 is 5.32 Å². The Morgan fingerprint density at radius 3 is 2.96 bits per heavy atom. The predicted molar refractivity (Wildman–Crippen MR) is 101 cm³/mol. The van der Waals surface area contributed by atoms with Gasteiger partial charge in [-0.3, -0.25) is 0 Å². The van der Waals surface area contributed by atoms with E-state index in [1.807, 2.05) is 11.6 Å². The average molecular weight is 333 g/mol. The van der Waals surface area contributed by atoms with Crippen LogP contribution in [0.1, 0.15) is 11.1 Å². The van der Waals surface area contributed by atoms with Crippen LogP contribution in [0.15, 0.2) is 66.3 Å². The summed E-state index contributed by atoms with van der Waals surface area (Å²) in [5, 5.41) is 7.97. The lowest BCUT2D eigenvalue weighted by atomic mass is 10.1. The number of aromatic nitrogens is 2. The van der Waals surface area contributed by atoms with Crippen LogP contribution in [0.3, 0.4) is 0 Å². The molecule has 0 spiro atoms. The highest BCUT2D eigenvalue weighted by atomic mass is 32.1. The van der Waals surface area contributed by atoms with E-state index in [0.29, 0.717) is 0 Å². The molecule has 2 aromatic heterocycles. The minimum atomic E-state index is 0.877. The molecule has 0 saturated carbocycles. The molecule has 2 aromatic carbocycles. The van der Waals surface area contributed by atoms with Gasteiger partial charge in [0, 0.05) is 40.8 Å². The standard InChI is InChI=1S/C20H19N3S/c1-2-7-19-18(6-1)17(14-23-19)8-9-21-13-15-4-3-5-16(12-15)20-22-10-11-24-20/h1-7,10-12,14,21,23H,8-9,13H2. The Hall–Kier alpha value is -2.43. The number of hydrogen-bond donors (Lipinski definition) is 2. The highest BCUT2D eigenvalue weighted by Crippen LogP contribution is 2.22. The molecule has 0 radical (unpaired) electrons. The number of aromatic amines is 1. The van der Waals surface area contributed by atoms with Crippen LogP contribution in [0.25, 0.3) is 21.5 Å². The molecule has 3 nitrogen and oxygen atoms in total. The van der Waals surface area contributed by atoms with Gasteiger partial charge < -0.3 is 10.3 Å². The molecule has 0 aliphatic heterocycles. The fourth-order valence-corrected chi connectivity index (χ4v) is 3.61. The van der Waals surface area contributed by atoms with E-state index in [0.717, 1.165) is 24.5 Å². The summed E-state index contributed by atoms with van der Waals surface area (Å²) >= 11 is 1.68. The van der Waals surface area contributed by atoms with Crippen molar-refractivity contribution in [3.63, 3.8) is 0 Å². The maximum atomic E-state index is 4.38. The number of nitrogens with zero attached hydrogens (tertiary/aromatic N) is 1. The van der Waals surface area contributed by atoms with Gasteiger partial charge in [0.25, 0.3) is 0 Å². The first-order chi connectivity index (χ1) is 11.9. The van der Waals surface area contributed by atoms with E-state index in [-0.39, 0.29) is 0 Å². The van der Waals surface area contributed by atoms with Crippen LogP contribution in [-0.4, -0.2) is 16.5 Å².